The Morgan fingerprint density at radius 2 is 1.93 bits per heavy atom. The molecule has 0 bridgehead atoms. The van der Waals surface area contributed by atoms with Crippen LogP contribution in [0.5, 0.6) is 0 Å². The summed E-state index contributed by atoms with van der Waals surface area (Å²) < 4.78 is 16.8. The minimum absolute atomic E-state index is 0. The summed E-state index contributed by atoms with van der Waals surface area (Å²) in [5.74, 6) is 0.487. The maximum Gasteiger partial charge on any atom is 0.246 e. The second-order valence-electron chi connectivity index (χ2n) is 10.8. The van der Waals surface area contributed by atoms with Gasteiger partial charge in [0.2, 0.25) is 11.9 Å². The number of amides is 1. The number of fused-ring (bicyclic) bond motifs is 2. The second-order valence-corrected chi connectivity index (χ2v) is 11.2. The Hall–Kier alpha value is -3.76. The molecule has 9 nitrogen and oxygen atoms in total. The van der Waals surface area contributed by atoms with Crippen LogP contribution in [0.25, 0.3) is 32.9 Å². The Balaban J connectivity index is 0.00000337. The predicted molar refractivity (Wildman–Crippen MR) is 164 cm³/mol. The van der Waals surface area contributed by atoms with E-state index >= 15 is 4.39 Å². The van der Waals surface area contributed by atoms with E-state index in [2.05, 4.69) is 27.0 Å². The third-order valence-corrected chi connectivity index (χ3v) is 8.51. The van der Waals surface area contributed by atoms with Crippen molar-refractivity contribution < 1.29 is 9.18 Å². The minimum Gasteiger partial charge on any atom is -0.349 e. The number of carbonyl (C=O) groups excluding carboxylic acids is 1. The van der Waals surface area contributed by atoms with Crippen molar-refractivity contribution in [3.8, 4) is 11.1 Å². The molecule has 4 heterocycles. The minimum atomic E-state index is -0.496. The number of anilines is 2. The zero-order valence-electron chi connectivity index (χ0n) is 23.0. The Labute approximate surface area is 244 Å². The van der Waals surface area contributed by atoms with Crippen molar-refractivity contribution in [3.05, 3.63) is 53.5 Å². The number of aryl methyl sites for hydroxylation is 1. The van der Waals surface area contributed by atoms with Crippen molar-refractivity contribution >= 4 is 51.1 Å². The maximum atomic E-state index is 16.8. The van der Waals surface area contributed by atoms with E-state index in [0.29, 0.717) is 41.8 Å². The molecule has 2 N–H and O–H groups in total. The van der Waals surface area contributed by atoms with Gasteiger partial charge >= 0.3 is 0 Å². The molecule has 0 unspecified atom stereocenters. The van der Waals surface area contributed by atoms with Crippen molar-refractivity contribution in [2.24, 2.45) is 0 Å². The van der Waals surface area contributed by atoms with E-state index in [1.807, 2.05) is 49.8 Å². The number of benzene rings is 2. The molecule has 216 valence electrons. The quantitative estimate of drug-likeness (QED) is 0.324. The van der Waals surface area contributed by atoms with Crippen LogP contribution in [-0.2, 0) is 4.79 Å². The zero-order valence-corrected chi connectivity index (χ0v) is 23.8. The van der Waals surface area contributed by atoms with Crippen LogP contribution in [0.3, 0.4) is 0 Å². The second kappa shape index (κ2) is 10.9. The number of rotatable bonds is 5. The Morgan fingerprint density at radius 1 is 1.17 bits per heavy atom. The summed E-state index contributed by atoms with van der Waals surface area (Å²) in [7, 11) is 1.92. The van der Waals surface area contributed by atoms with E-state index < -0.39 is 5.82 Å². The first-order valence-corrected chi connectivity index (χ1v) is 13.8. The maximum absolute atomic E-state index is 16.8. The van der Waals surface area contributed by atoms with Gasteiger partial charge in [-0.3, -0.25) is 9.89 Å². The van der Waals surface area contributed by atoms with E-state index in [1.165, 1.54) is 6.08 Å². The Bertz CT molecular complexity index is 1650. The normalized spacial score (nSPS) is 19.4. The smallest absolute Gasteiger partial charge is 0.246 e. The predicted octanol–water partition coefficient (Wildman–Crippen LogP) is 4.93. The number of nitrogens with one attached hydrogen (secondary N) is 2. The molecular formula is C30H36ClFN8O. The third-order valence-electron chi connectivity index (χ3n) is 8.22. The van der Waals surface area contributed by atoms with Crippen molar-refractivity contribution in [2.45, 2.75) is 46.3 Å². The fourth-order valence-electron chi connectivity index (χ4n) is 5.87. The molecule has 2 aromatic carbocycles. The molecule has 2 fully saturated rings. The van der Waals surface area contributed by atoms with Gasteiger partial charge < -0.3 is 20.0 Å². The van der Waals surface area contributed by atoms with Gasteiger partial charge in [-0.25, -0.2) is 9.37 Å². The number of hydrogen-bond acceptors (Lipinski definition) is 7. The molecule has 2 saturated heterocycles. The first kappa shape index (κ1) is 28.8. The standard InChI is InChI=1S/C29H32ClFN8O.CH4/c1-6-22(40)38-11-17(4)39(12-16(38)3)28-20-9-21(30)24(23-15(2)7-8-18-10-33-36-26(18)23)25(31)27(20)34-29(35-28)37-13-19(14-37)32-5;/h6-10,16-17,19,32H,1,11-14H2,2-5H3,(H,33,36);1H4/t16-,17+;/m1./s1. The van der Waals surface area contributed by atoms with Gasteiger partial charge in [0.05, 0.1) is 16.7 Å². The van der Waals surface area contributed by atoms with Gasteiger partial charge in [0, 0.05) is 66.2 Å². The lowest BCUT2D eigenvalue weighted by molar-refractivity contribution is -0.128. The van der Waals surface area contributed by atoms with E-state index in [9.17, 15) is 4.79 Å². The molecule has 2 atom stereocenters. The third kappa shape index (κ3) is 4.68. The molecule has 6 rings (SSSR count). The molecule has 0 spiro atoms. The number of likely N-dealkylation sites (N-methyl/N-ethyl adjacent to an activating group) is 1. The van der Waals surface area contributed by atoms with E-state index in [4.69, 9.17) is 21.6 Å². The molecule has 4 aromatic rings. The Morgan fingerprint density at radius 3 is 2.63 bits per heavy atom. The highest BCUT2D eigenvalue weighted by Gasteiger charge is 2.35. The monoisotopic (exact) mass is 578 g/mol. The number of hydrogen-bond donors (Lipinski definition) is 2. The lowest BCUT2D eigenvalue weighted by Crippen LogP contribution is -2.59. The number of aromatic nitrogens is 4. The first-order valence-electron chi connectivity index (χ1n) is 13.5. The summed E-state index contributed by atoms with van der Waals surface area (Å²) in [5.41, 5.74) is 2.76. The molecule has 0 radical (unpaired) electrons. The molecule has 11 heteroatoms. The van der Waals surface area contributed by atoms with Gasteiger partial charge in [-0.15, -0.1) is 0 Å². The van der Waals surface area contributed by atoms with Crippen molar-refractivity contribution in [3.63, 3.8) is 0 Å². The van der Waals surface area contributed by atoms with Crippen molar-refractivity contribution in [1.29, 1.82) is 0 Å². The molecule has 2 aliphatic rings. The molecule has 2 aliphatic heterocycles. The number of H-pyrrole nitrogens is 1. The summed E-state index contributed by atoms with van der Waals surface area (Å²) >= 11 is 6.89. The topological polar surface area (TPSA) is 93.3 Å². The summed E-state index contributed by atoms with van der Waals surface area (Å²) in [4.78, 5) is 28.2. The van der Waals surface area contributed by atoms with Crippen LogP contribution in [0.15, 0.2) is 37.1 Å². The van der Waals surface area contributed by atoms with Gasteiger partial charge in [-0.2, -0.15) is 10.1 Å². The molecule has 0 aliphatic carbocycles. The number of nitrogens with zero attached hydrogens (tertiary/aromatic N) is 6. The number of piperazine rings is 1. The molecule has 1 amide bonds. The summed E-state index contributed by atoms with van der Waals surface area (Å²) in [6, 6.07) is 5.82. The van der Waals surface area contributed by atoms with Crippen LogP contribution in [0.4, 0.5) is 16.2 Å². The summed E-state index contributed by atoms with van der Waals surface area (Å²) in [5, 5.41) is 12.1. The zero-order chi connectivity index (χ0) is 28.3. The van der Waals surface area contributed by atoms with Gasteiger partial charge in [0.1, 0.15) is 11.3 Å². The molecule has 2 aromatic heterocycles. The first-order chi connectivity index (χ1) is 19.2. The largest absolute Gasteiger partial charge is 0.349 e. The highest BCUT2D eigenvalue weighted by molar-refractivity contribution is 6.35. The van der Waals surface area contributed by atoms with Crippen LogP contribution >= 0.6 is 11.6 Å². The van der Waals surface area contributed by atoms with E-state index in [-0.39, 0.29) is 41.5 Å². The lowest BCUT2D eigenvalue weighted by Gasteiger charge is -2.45. The van der Waals surface area contributed by atoms with Gasteiger partial charge in [-0.1, -0.05) is 37.7 Å². The average molecular weight is 579 g/mol. The highest BCUT2D eigenvalue weighted by atomic mass is 35.5. The van der Waals surface area contributed by atoms with Crippen LogP contribution in [0.2, 0.25) is 5.02 Å². The lowest BCUT2D eigenvalue weighted by atomic mass is 9.96. The van der Waals surface area contributed by atoms with Gasteiger partial charge in [0.15, 0.2) is 5.82 Å². The van der Waals surface area contributed by atoms with Crippen LogP contribution < -0.4 is 15.1 Å². The average Bonchev–Trinajstić information content (AvgIpc) is 3.39. The van der Waals surface area contributed by atoms with E-state index in [1.54, 1.807) is 12.3 Å². The van der Waals surface area contributed by atoms with Gasteiger partial charge in [0.25, 0.3) is 0 Å². The van der Waals surface area contributed by atoms with Crippen molar-refractivity contribution in [1.82, 2.24) is 30.4 Å². The van der Waals surface area contributed by atoms with E-state index in [0.717, 1.165) is 29.6 Å². The van der Waals surface area contributed by atoms with Crippen LogP contribution in [0, 0.1) is 12.7 Å². The van der Waals surface area contributed by atoms with Crippen molar-refractivity contribution in [2.75, 3.05) is 43.0 Å². The number of aromatic amines is 1. The number of halogens is 2. The highest BCUT2D eigenvalue weighted by Crippen LogP contribution is 2.42. The van der Waals surface area contributed by atoms with Crippen LogP contribution in [-0.4, -0.2) is 82.3 Å². The number of carbonyl (C=O) groups is 1. The molecular weight excluding hydrogens is 543 g/mol. The summed E-state index contributed by atoms with van der Waals surface area (Å²) in [6.45, 7) is 12.1. The summed E-state index contributed by atoms with van der Waals surface area (Å²) in [6.07, 6.45) is 3.06. The Kier molecular flexibility index (Phi) is 7.65. The molecule has 0 saturated carbocycles. The fraction of sp³-hybridized carbons (Fsp3) is 0.400. The fourth-order valence-corrected chi connectivity index (χ4v) is 6.15. The SMILES string of the molecule is C.C=CC(=O)N1C[C@H](C)N(c2nc(N3CC(NC)C3)nc3c(F)c(-c4c(C)ccc5cn[nH]c45)c(Cl)cc23)C[C@H]1C. The van der Waals surface area contributed by atoms with Crippen LogP contribution in [0.1, 0.15) is 26.8 Å². The molecule has 41 heavy (non-hydrogen) atoms. The van der Waals surface area contributed by atoms with Gasteiger partial charge in [-0.05, 0) is 45.5 Å².